The molecule has 43 heteroatoms. The molecule has 3 rings (SSSR count). The molecule has 0 bridgehead atoms. The predicted octanol–water partition coefficient (Wildman–Crippen LogP) is -7.50. The van der Waals surface area contributed by atoms with Gasteiger partial charge in [0, 0.05) is 52.4 Å². The van der Waals surface area contributed by atoms with Gasteiger partial charge < -0.3 is 169 Å². The summed E-state index contributed by atoms with van der Waals surface area (Å²) in [4.78, 5) is 114. The Kier molecular flexibility index (Phi) is 52.3. The molecule has 0 aromatic carbocycles. The number of rotatable bonds is 64. The maximum absolute atomic E-state index is 14.4. The van der Waals surface area contributed by atoms with E-state index in [1.807, 2.05) is 0 Å². The van der Waals surface area contributed by atoms with Gasteiger partial charge in [0.2, 0.25) is 47.3 Å². The lowest BCUT2D eigenvalue weighted by molar-refractivity contribution is -0.272. The Morgan fingerprint density at radius 2 is 0.702 bits per heavy atom. The second-order valence-electron chi connectivity index (χ2n) is 28.2. The van der Waals surface area contributed by atoms with Crippen LogP contribution >= 0.6 is 0 Å². The number of nitrogens with one attached hydrogen (secondary N) is 8. The lowest BCUT2D eigenvalue weighted by Gasteiger charge is -2.42. The quantitative estimate of drug-likeness (QED) is 0.0252. The normalized spacial score (nSPS) is 24.4. The molecule has 17 atom stereocenters. The van der Waals surface area contributed by atoms with Gasteiger partial charge >= 0.3 is 5.97 Å². The number of carbonyl (C=O) groups is 9. The van der Waals surface area contributed by atoms with Crippen molar-refractivity contribution in [2.24, 2.45) is 0 Å². The molecular formula is C71H128N8O35. The first-order valence-electron chi connectivity index (χ1n) is 38.4. The summed E-state index contributed by atoms with van der Waals surface area (Å²) in [5.74, 6) is -5.32. The van der Waals surface area contributed by atoms with E-state index in [0.717, 1.165) is 0 Å². The first kappa shape index (κ1) is 102. The summed E-state index contributed by atoms with van der Waals surface area (Å²) in [7, 11) is 0. The van der Waals surface area contributed by atoms with Gasteiger partial charge in [-0.25, -0.2) is 0 Å². The van der Waals surface area contributed by atoms with Crippen LogP contribution < -0.4 is 42.5 Å². The van der Waals surface area contributed by atoms with E-state index in [2.05, 4.69) is 42.5 Å². The Balaban J connectivity index is 1.54. The van der Waals surface area contributed by atoms with E-state index in [-0.39, 0.29) is 190 Å². The van der Waals surface area contributed by atoms with Crippen LogP contribution in [0, 0.1) is 0 Å². The Morgan fingerprint density at radius 1 is 0.386 bits per heavy atom. The maximum Gasteiger partial charge on any atom is 0.303 e. The van der Waals surface area contributed by atoms with Crippen LogP contribution in [0.4, 0.5) is 0 Å². The number of carbonyl (C=O) groups excluding carboxylic acids is 8. The molecule has 662 valence electrons. The third-order valence-electron chi connectivity index (χ3n) is 17.6. The Morgan fingerprint density at radius 3 is 1.03 bits per heavy atom. The molecule has 0 aromatic heterocycles. The number of aliphatic hydroxyl groups excluding tert-OH is 9. The summed E-state index contributed by atoms with van der Waals surface area (Å²) >= 11 is 0. The minimum Gasteiger partial charge on any atom is -0.481 e. The van der Waals surface area contributed by atoms with Crippen molar-refractivity contribution < 1.29 is 170 Å². The summed E-state index contributed by atoms with van der Waals surface area (Å²) in [6.45, 7) is 9.45. The predicted molar refractivity (Wildman–Crippen MR) is 393 cm³/mol. The maximum atomic E-state index is 14.4. The highest BCUT2D eigenvalue weighted by molar-refractivity contribution is 5.92. The number of aliphatic hydroxyl groups is 9. The number of hydrogen-bond acceptors (Lipinski definition) is 34. The van der Waals surface area contributed by atoms with Crippen LogP contribution in [0.1, 0.15) is 106 Å². The van der Waals surface area contributed by atoms with E-state index in [0.29, 0.717) is 19.3 Å². The van der Waals surface area contributed by atoms with E-state index < -0.39 is 195 Å². The van der Waals surface area contributed by atoms with Crippen LogP contribution in [0.15, 0.2) is 0 Å². The van der Waals surface area contributed by atoms with Crippen molar-refractivity contribution in [3.63, 3.8) is 0 Å². The van der Waals surface area contributed by atoms with Crippen molar-refractivity contribution in [3.8, 4) is 0 Å². The number of hydrogen-bond donors (Lipinski definition) is 18. The molecule has 43 nitrogen and oxygen atoms in total. The van der Waals surface area contributed by atoms with Crippen molar-refractivity contribution in [1.82, 2.24) is 42.5 Å². The van der Waals surface area contributed by atoms with Gasteiger partial charge in [-0.2, -0.15) is 0 Å². The smallest absolute Gasteiger partial charge is 0.303 e. The molecule has 3 saturated heterocycles. The van der Waals surface area contributed by atoms with Crippen LogP contribution in [0.2, 0.25) is 0 Å². The van der Waals surface area contributed by atoms with Crippen LogP contribution in [0.3, 0.4) is 0 Å². The monoisotopic (exact) mass is 1650 g/mol. The van der Waals surface area contributed by atoms with Crippen LogP contribution in [-0.2, 0) is 119 Å². The molecule has 0 spiro atoms. The Labute approximate surface area is 663 Å². The van der Waals surface area contributed by atoms with Crippen LogP contribution in [0.25, 0.3) is 0 Å². The van der Waals surface area contributed by atoms with Gasteiger partial charge in [0.1, 0.15) is 105 Å². The fourth-order valence-electron chi connectivity index (χ4n) is 11.4. The molecule has 0 aromatic rings. The zero-order valence-electron chi connectivity index (χ0n) is 66.4. The van der Waals surface area contributed by atoms with E-state index >= 15 is 0 Å². The van der Waals surface area contributed by atoms with Crippen molar-refractivity contribution in [2.45, 2.75) is 221 Å². The van der Waals surface area contributed by atoms with Gasteiger partial charge in [-0.05, 0) is 79.1 Å². The molecular weight excluding hydrogens is 1520 g/mol. The summed E-state index contributed by atoms with van der Waals surface area (Å²) in [5, 5.41) is 121. The molecule has 0 aliphatic carbocycles. The highest BCUT2D eigenvalue weighted by atomic mass is 16.7. The molecule has 3 aliphatic rings. The van der Waals surface area contributed by atoms with Crippen LogP contribution in [-0.4, -0.2) is 398 Å². The molecule has 0 radical (unpaired) electrons. The van der Waals surface area contributed by atoms with Gasteiger partial charge in [0.05, 0.1) is 144 Å². The average Bonchev–Trinajstić information content (AvgIpc) is 0.807. The standard InChI is InChI=1S/C71H128N8O35/c1-44(83)74-56-62(94)59(91)49(38-80)112-67(56)108-35-32-102-23-20-99-26-29-105-41-52(86)72-17-10-8-12-47(77-54(88)43-107-31-28-101-22-25-104-34-37-110-69-58(76-46(3)85)64(96)61(93)51(40-82)114-69)65(97)78-48(66(98)79-70(4,5)16-19-111-71(6,7)15-14-55(89)90)13-9-11-18-73-53(87)42-106-30-27-100-21-24-103-33-36-109-68-57(75-45(2)84)63(95)60(92)50(39-81)113-68/h47-51,56-64,67-69,80-82,91-96H,8-43H2,1-7H3,(H,72,86)(H,73,87)(H,74,83)(H,75,84)(H,76,85)(H,77,88)(H,78,97)(H,79,98)(H,89,90)/t47?,48-,49?,50?,51?,56+,57+,58+,59?,60-,61?,62?,63?,64?,67?,68?,69+/m0/s1. The molecule has 3 aliphatic heterocycles. The second-order valence-corrected chi connectivity index (χ2v) is 28.2. The number of carboxylic acids is 1. The highest BCUT2D eigenvalue weighted by Crippen LogP contribution is 2.26. The first-order valence-corrected chi connectivity index (χ1v) is 38.4. The van der Waals surface area contributed by atoms with E-state index in [1.54, 1.807) is 27.7 Å². The van der Waals surface area contributed by atoms with Crippen molar-refractivity contribution in [3.05, 3.63) is 0 Å². The molecule has 114 heavy (non-hydrogen) atoms. The minimum atomic E-state index is -1.48. The number of carboxylic acid groups (broad SMARTS) is 1. The molecule has 3 fully saturated rings. The Bertz CT molecular complexity index is 2740. The largest absolute Gasteiger partial charge is 0.481 e. The SMILES string of the molecule is CC(=O)N[C@H]1C(OCCOCCOCCOCC(=O)NCCCCC(NC(=O)COCCOCCOCCO[C@@H]2OC(CO)C(O)C(O)[C@H]2NC(C)=O)C(=O)N[C@@H](CCCCNC(=O)COCCOCCOCCOC2OC(CO)[C@H](O)C(O)[C@H]2NC(C)=O)C(=O)NC(C)(C)CCOC(C)(C)CCC(=O)O)OC(CO)C(O)C1O. The minimum absolute atomic E-state index is 0.0260. The number of aliphatic carboxylic acids is 1. The summed E-state index contributed by atoms with van der Waals surface area (Å²) in [6.07, 6.45) is -14.0. The molecule has 18 N–H and O–H groups in total. The van der Waals surface area contributed by atoms with Gasteiger partial charge in [-0.15, -0.1) is 0 Å². The fourth-order valence-corrected chi connectivity index (χ4v) is 11.4. The molecule has 8 amide bonds. The zero-order chi connectivity index (χ0) is 84.4. The first-order chi connectivity index (χ1) is 54.3. The summed E-state index contributed by atoms with van der Waals surface area (Å²) in [6, 6.07) is -5.72. The van der Waals surface area contributed by atoms with Crippen molar-refractivity contribution in [2.75, 3.05) is 178 Å². The van der Waals surface area contributed by atoms with Crippen molar-refractivity contribution >= 4 is 53.2 Å². The van der Waals surface area contributed by atoms with Gasteiger partial charge in [0.25, 0.3) is 0 Å². The van der Waals surface area contributed by atoms with Gasteiger partial charge in [-0.3, -0.25) is 43.2 Å². The topological polar surface area (TPSA) is 600 Å². The number of unbranched alkanes of at least 4 members (excludes halogenated alkanes) is 2. The summed E-state index contributed by atoms with van der Waals surface area (Å²) in [5.41, 5.74) is -1.71. The fraction of sp³-hybridized carbons (Fsp3) is 0.873. The van der Waals surface area contributed by atoms with Crippen LogP contribution in [0.5, 0.6) is 0 Å². The third kappa shape index (κ3) is 43.1. The van der Waals surface area contributed by atoms with Gasteiger partial charge in [-0.1, -0.05) is 0 Å². The third-order valence-corrected chi connectivity index (χ3v) is 17.6. The van der Waals surface area contributed by atoms with E-state index in [1.165, 1.54) is 20.8 Å². The van der Waals surface area contributed by atoms with E-state index in [4.69, 9.17) is 75.8 Å². The number of ether oxygens (including phenoxy) is 16. The van der Waals surface area contributed by atoms with E-state index in [9.17, 15) is 94.2 Å². The molecule has 3 heterocycles. The average molecular weight is 1650 g/mol. The van der Waals surface area contributed by atoms with Crippen molar-refractivity contribution in [1.29, 1.82) is 0 Å². The number of amides is 8. The lowest BCUT2D eigenvalue weighted by Crippen LogP contribution is -2.64. The lowest BCUT2D eigenvalue weighted by atomic mass is 9.97. The second kappa shape index (κ2) is 58.2. The zero-order valence-corrected chi connectivity index (χ0v) is 66.4. The Hall–Kier alpha value is -5.77. The highest BCUT2D eigenvalue weighted by Gasteiger charge is 2.48. The van der Waals surface area contributed by atoms with Gasteiger partial charge in [0.15, 0.2) is 18.9 Å². The summed E-state index contributed by atoms with van der Waals surface area (Å²) < 4.78 is 89.1. The molecule has 0 saturated carbocycles. The molecule has 11 unspecified atom stereocenters.